The summed E-state index contributed by atoms with van der Waals surface area (Å²) >= 11 is 14.4. The van der Waals surface area contributed by atoms with Gasteiger partial charge in [-0.15, -0.1) is 0 Å². The molecule has 0 radical (unpaired) electrons. The molecule has 182 valence electrons. The summed E-state index contributed by atoms with van der Waals surface area (Å²) < 4.78 is 17.4. The fourth-order valence-corrected chi connectivity index (χ4v) is 3.54. The summed E-state index contributed by atoms with van der Waals surface area (Å²) in [5.74, 6) is 0.621. The fraction of sp³-hybridized carbons (Fsp3) is 0.125. The van der Waals surface area contributed by atoms with Crippen molar-refractivity contribution in [2.45, 2.75) is 0 Å². The van der Waals surface area contributed by atoms with Gasteiger partial charge in [-0.05, 0) is 60.7 Å². The van der Waals surface area contributed by atoms with Crippen LogP contribution in [0.5, 0.6) is 17.2 Å². The van der Waals surface area contributed by atoms with E-state index in [0.29, 0.717) is 35.3 Å². The van der Waals surface area contributed by atoms with Gasteiger partial charge in [0.2, 0.25) is 0 Å². The van der Waals surface area contributed by atoms with Gasteiger partial charge in [0.1, 0.15) is 30.5 Å². The third kappa shape index (κ3) is 9.08. The van der Waals surface area contributed by atoms with Crippen LogP contribution in [-0.4, -0.2) is 36.7 Å². The second-order valence-electron chi connectivity index (χ2n) is 6.86. The van der Waals surface area contributed by atoms with Crippen molar-refractivity contribution in [3.05, 3.63) is 87.9 Å². The van der Waals surface area contributed by atoms with Gasteiger partial charge in [0.15, 0.2) is 11.7 Å². The number of carbonyl (C=O) groups is 2. The van der Waals surface area contributed by atoms with Crippen molar-refractivity contribution >= 4 is 56.7 Å². The second-order valence-corrected chi connectivity index (χ2v) is 8.59. The minimum atomic E-state index is -0.520. The predicted molar refractivity (Wildman–Crippen MR) is 140 cm³/mol. The molecule has 3 aromatic rings. The van der Waals surface area contributed by atoms with Crippen LogP contribution in [0.1, 0.15) is 10.4 Å². The van der Waals surface area contributed by atoms with Crippen molar-refractivity contribution in [1.82, 2.24) is 16.2 Å². The van der Waals surface area contributed by atoms with Crippen LogP contribution in [0.4, 0.5) is 0 Å². The number of amides is 2. The highest BCUT2D eigenvalue weighted by molar-refractivity contribution is 9.10. The standard InChI is InChI=1S/C24H21BrClN3O5S/c25-17-9-10-21(20(26)14-17)34-15-22(30)28-29-24(35)27-23(31)16-5-4-8-19(13-16)33-12-11-32-18-6-2-1-3-7-18/h1-10,13-14H,11-12,15H2,(H,28,30)(H2,27,29,31,35). The van der Waals surface area contributed by atoms with Crippen LogP contribution in [0.15, 0.2) is 77.3 Å². The minimum absolute atomic E-state index is 0.0902. The Morgan fingerprint density at radius 2 is 1.57 bits per heavy atom. The van der Waals surface area contributed by atoms with Gasteiger partial charge in [-0.3, -0.25) is 25.8 Å². The van der Waals surface area contributed by atoms with Crippen molar-refractivity contribution in [3.8, 4) is 17.2 Å². The lowest BCUT2D eigenvalue weighted by Gasteiger charge is -2.12. The molecule has 3 aromatic carbocycles. The molecule has 0 atom stereocenters. The van der Waals surface area contributed by atoms with Crippen molar-refractivity contribution in [3.63, 3.8) is 0 Å². The average molecular weight is 579 g/mol. The summed E-state index contributed by atoms with van der Waals surface area (Å²) in [7, 11) is 0. The highest BCUT2D eigenvalue weighted by Gasteiger charge is 2.11. The zero-order valence-electron chi connectivity index (χ0n) is 18.3. The van der Waals surface area contributed by atoms with E-state index in [4.69, 9.17) is 38.0 Å². The quantitative estimate of drug-likeness (QED) is 0.198. The molecule has 0 saturated carbocycles. The third-order valence-electron chi connectivity index (χ3n) is 4.26. The maximum atomic E-state index is 12.5. The molecule has 8 nitrogen and oxygen atoms in total. The van der Waals surface area contributed by atoms with Crippen molar-refractivity contribution in [2.24, 2.45) is 0 Å². The van der Waals surface area contributed by atoms with Crippen LogP contribution in [0.3, 0.4) is 0 Å². The summed E-state index contributed by atoms with van der Waals surface area (Å²) in [4.78, 5) is 24.4. The number of ether oxygens (including phenoxy) is 3. The zero-order chi connectivity index (χ0) is 25.0. The Hall–Kier alpha value is -3.34. The summed E-state index contributed by atoms with van der Waals surface area (Å²) in [6, 6.07) is 21.0. The number of nitrogens with one attached hydrogen (secondary N) is 3. The van der Waals surface area contributed by atoms with Crippen LogP contribution in [0.25, 0.3) is 0 Å². The first-order valence-electron chi connectivity index (χ1n) is 10.3. The van der Waals surface area contributed by atoms with Crippen LogP contribution < -0.4 is 30.4 Å². The lowest BCUT2D eigenvalue weighted by molar-refractivity contribution is -0.123. The molecule has 0 bridgehead atoms. The molecule has 0 aliphatic heterocycles. The Labute approximate surface area is 221 Å². The molecule has 3 N–H and O–H groups in total. The molecule has 0 heterocycles. The number of halogens is 2. The van der Waals surface area contributed by atoms with E-state index in [1.165, 1.54) is 0 Å². The Balaban J connectivity index is 1.38. The Morgan fingerprint density at radius 1 is 0.857 bits per heavy atom. The molecule has 0 unspecified atom stereocenters. The number of hydrazine groups is 1. The van der Waals surface area contributed by atoms with E-state index < -0.39 is 11.8 Å². The van der Waals surface area contributed by atoms with E-state index in [1.807, 2.05) is 30.3 Å². The average Bonchev–Trinajstić information content (AvgIpc) is 2.85. The molecular weight excluding hydrogens is 558 g/mol. The van der Waals surface area contributed by atoms with E-state index in [0.717, 1.165) is 10.2 Å². The van der Waals surface area contributed by atoms with Crippen molar-refractivity contribution < 1.29 is 23.8 Å². The Bertz CT molecular complexity index is 1180. The van der Waals surface area contributed by atoms with E-state index in [1.54, 1.807) is 42.5 Å². The van der Waals surface area contributed by atoms with E-state index in [2.05, 4.69) is 32.1 Å². The lowest BCUT2D eigenvalue weighted by atomic mass is 10.2. The van der Waals surface area contributed by atoms with Crippen LogP contribution in [0.2, 0.25) is 5.02 Å². The summed E-state index contributed by atoms with van der Waals surface area (Å²) in [6.07, 6.45) is 0. The monoisotopic (exact) mass is 577 g/mol. The molecular formula is C24H21BrClN3O5S. The molecule has 0 aliphatic rings. The first-order valence-corrected chi connectivity index (χ1v) is 11.9. The largest absolute Gasteiger partial charge is 0.490 e. The number of benzene rings is 3. The van der Waals surface area contributed by atoms with Crippen molar-refractivity contribution in [2.75, 3.05) is 19.8 Å². The van der Waals surface area contributed by atoms with Gasteiger partial charge in [-0.2, -0.15) is 0 Å². The van der Waals surface area contributed by atoms with Gasteiger partial charge in [-0.25, -0.2) is 0 Å². The van der Waals surface area contributed by atoms with Gasteiger partial charge in [0, 0.05) is 10.0 Å². The van der Waals surface area contributed by atoms with Crippen molar-refractivity contribution in [1.29, 1.82) is 0 Å². The van der Waals surface area contributed by atoms with Crippen LogP contribution >= 0.6 is 39.7 Å². The van der Waals surface area contributed by atoms with Gasteiger partial charge >= 0.3 is 0 Å². The maximum Gasteiger partial charge on any atom is 0.276 e. The Morgan fingerprint density at radius 3 is 2.31 bits per heavy atom. The first-order chi connectivity index (χ1) is 16.9. The molecule has 0 fully saturated rings. The number of rotatable bonds is 9. The molecule has 2 amide bonds. The molecule has 3 rings (SSSR count). The van der Waals surface area contributed by atoms with Gasteiger partial charge in [0.05, 0.1) is 5.02 Å². The lowest BCUT2D eigenvalue weighted by Crippen LogP contribution is -2.49. The number of hydrogen-bond acceptors (Lipinski definition) is 6. The van der Waals surface area contributed by atoms with Crippen LogP contribution in [-0.2, 0) is 4.79 Å². The topological polar surface area (TPSA) is 97.9 Å². The smallest absolute Gasteiger partial charge is 0.276 e. The highest BCUT2D eigenvalue weighted by atomic mass is 79.9. The van der Waals surface area contributed by atoms with E-state index in [9.17, 15) is 9.59 Å². The summed E-state index contributed by atoms with van der Waals surface area (Å²) in [5.41, 5.74) is 5.11. The fourth-order valence-electron chi connectivity index (χ4n) is 2.67. The van der Waals surface area contributed by atoms with Gasteiger partial charge in [0.25, 0.3) is 11.8 Å². The molecule has 0 aliphatic carbocycles. The summed E-state index contributed by atoms with van der Waals surface area (Å²) in [6.45, 7) is 0.351. The SMILES string of the molecule is O=C(COc1ccc(Br)cc1Cl)NNC(=S)NC(=O)c1cccc(OCCOc2ccccc2)c1. The van der Waals surface area contributed by atoms with Crippen LogP contribution in [0, 0.1) is 0 Å². The molecule has 0 aromatic heterocycles. The van der Waals surface area contributed by atoms with E-state index >= 15 is 0 Å². The van der Waals surface area contributed by atoms with Gasteiger partial charge < -0.3 is 14.2 Å². The minimum Gasteiger partial charge on any atom is -0.490 e. The normalized spacial score (nSPS) is 10.1. The van der Waals surface area contributed by atoms with Gasteiger partial charge in [-0.1, -0.05) is 51.8 Å². The molecule has 35 heavy (non-hydrogen) atoms. The van der Waals surface area contributed by atoms with E-state index in [-0.39, 0.29) is 11.7 Å². The molecule has 0 spiro atoms. The maximum absolute atomic E-state index is 12.5. The number of para-hydroxylation sites is 1. The zero-order valence-corrected chi connectivity index (χ0v) is 21.4. The first kappa shape index (κ1) is 26.3. The molecule has 11 heteroatoms. The number of hydrogen-bond donors (Lipinski definition) is 3. The third-order valence-corrected chi connectivity index (χ3v) is 5.25. The summed E-state index contributed by atoms with van der Waals surface area (Å²) in [5, 5.41) is 2.74. The second kappa shape index (κ2) is 13.5. The number of carbonyl (C=O) groups excluding carboxylic acids is 2. The Kier molecular flexibility index (Phi) is 10.1. The molecule has 0 saturated heterocycles. The predicted octanol–water partition coefficient (Wildman–Crippen LogP) is 4.27. The number of thiocarbonyl (C=S) groups is 1. The highest BCUT2D eigenvalue weighted by Crippen LogP contribution is 2.27.